The summed E-state index contributed by atoms with van der Waals surface area (Å²) in [4.78, 5) is 27.2. The number of ether oxygens (including phenoxy) is 1. The van der Waals surface area contributed by atoms with Crippen LogP contribution in [0.3, 0.4) is 0 Å². The van der Waals surface area contributed by atoms with E-state index < -0.39 is 24.1 Å². The summed E-state index contributed by atoms with van der Waals surface area (Å²) in [7, 11) is 0. The molecule has 5 nitrogen and oxygen atoms in total. The Bertz CT molecular complexity index is 768. The van der Waals surface area contributed by atoms with E-state index >= 15 is 0 Å². The number of alkyl halides is 3. The zero-order valence-corrected chi connectivity index (χ0v) is 15.8. The van der Waals surface area contributed by atoms with Gasteiger partial charge < -0.3 is 10.1 Å². The lowest BCUT2D eigenvalue weighted by Gasteiger charge is -2.19. The van der Waals surface area contributed by atoms with Gasteiger partial charge >= 0.3 is 18.1 Å². The summed E-state index contributed by atoms with van der Waals surface area (Å²) in [6.07, 6.45) is -1.89. The van der Waals surface area contributed by atoms with Crippen LogP contribution in [0.4, 0.5) is 13.2 Å². The number of aromatic nitrogens is 1. The van der Waals surface area contributed by atoms with Crippen molar-refractivity contribution in [1.29, 1.82) is 0 Å². The number of hydrogen-bond acceptors (Lipinski definition) is 4. The van der Waals surface area contributed by atoms with E-state index in [1.807, 2.05) is 35.6 Å². The van der Waals surface area contributed by atoms with Crippen LogP contribution in [0.15, 0.2) is 54.7 Å². The van der Waals surface area contributed by atoms with Crippen molar-refractivity contribution in [3.05, 3.63) is 66.0 Å². The van der Waals surface area contributed by atoms with Gasteiger partial charge in [0.05, 0.1) is 5.69 Å². The van der Waals surface area contributed by atoms with Crippen molar-refractivity contribution in [2.45, 2.75) is 50.9 Å². The van der Waals surface area contributed by atoms with Crippen molar-refractivity contribution in [2.75, 3.05) is 0 Å². The van der Waals surface area contributed by atoms with Crippen LogP contribution in [-0.2, 0) is 27.4 Å². The highest BCUT2D eigenvalue weighted by Crippen LogP contribution is 2.17. The third kappa shape index (κ3) is 8.76. The fourth-order valence-electron chi connectivity index (χ4n) is 2.74. The Kier molecular flexibility index (Phi) is 8.64. The smallest absolute Gasteiger partial charge is 0.459 e. The Morgan fingerprint density at radius 3 is 2.41 bits per heavy atom. The van der Waals surface area contributed by atoms with Crippen molar-refractivity contribution in [3.8, 4) is 0 Å². The lowest BCUT2D eigenvalue weighted by atomic mass is 10.0. The summed E-state index contributed by atoms with van der Waals surface area (Å²) in [6.45, 7) is 0.0436. The Labute approximate surface area is 167 Å². The minimum atomic E-state index is -4.94. The Morgan fingerprint density at radius 1 is 1.03 bits per heavy atom. The molecule has 1 aromatic carbocycles. The van der Waals surface area contributed by atoms with Crippen molar-refractivity contribution in [3.63, 3.8) is 0 Å². The molecule has 1 aromatic heterocycles. The molecule has 1 amide bonds. The Balaban J connectivity index is 1.80. The fraction of sp³-hybridized carbons (Fsp3) is 0.381. The van der Waals surface area contributed by atoms with Crippen LogP contribution in [-0.4, -0.2) is 29.1 Å². The van der Waals surface area contributed by atoms with Gasteiger partial charge in [-0.25, -0.2) is 0 Å². The monoisotopic (exact) mass is 408 g/mol. The predicted molar refractivity (Wildman–Crippen MR) is 101 cm³/mol. The third-order valence-corrected chi connectivity index (χ3v) is 4.26. The molecule has 29 heavy (non-hydrogen) atoms. The molecular weight excluding hydrogens is 385 g/mol. The number of esters is 1. The van der Waals surface area contributed by atoms with Crippen LogP contribution in [0.2, 0.25) is 0 Å². The summed E-state index contributed by atoms with van der Waals surface area (Å²) in [5, 5.41) is 2.03. The molecule has 0 radical (unpaired) electrons. The molecule has 0 saturated heterocycles. The molecule has 1 atom stereocenters. The molecule has 2 rings (SSSR count). The van der Waals surface area contributed by atoms with Crippen LogP contribution in [0.25, 0.3) is 0 Å². The summed E-state index contributed by atoms with van der Waals surface area (Å²) in [5.74, 6) is -2.42. The van der Waals surface area contributed by atoms with E-state index in [2.05, 4.69) is 4.98 Å². The molecule has 0 aliphatic rings. The molecule has 1 N–H and O–H groups in total. The molecular formula is C21H23F3N2O3. The maximum absolute atomic E-state index is 12.6. The van der Waals surface area contributed by atoms with Gasteiger partial charge in [-0.3, -0.25) is 14.6 Å². The minimum Gasteiger partial charge on any atom is -0.459 e. The topological polar surface area (TPSA) is 68.3 Å². The van der Waals surface area contributed by atoms with Gasteiger partial charge in [0.15, 0.2) is 0 Å². The van der Waals surface area contributed by atoms with E-state index in [9.17, 15) is 22.8 Å². The normalized spacial score (nSPS) is 12.2. The van der Waals surface area contributed by atoms with Crippen molar-refractivity contribution in [2.24, 2.45) is 0 Å². The molecule has 0 aliphatic carbocycles. The Hall–Kier alpha value is -2.90. The molecule has 1 heterocycles. The molecule has 2 aromatic rings. The molecule has 0 bridgehead atoms. The highest BCUT2D eigenvalue weighted by atomic mass is 19.4. The molecule has 0 spiro atoms. The maximum atomic E-state index is 12.6. The number of pyridine rings is 1. The first-order chi connectivity index (χ1) is 13.8. The van der Waals surface area contributed by atoms with E-state index in [4.69, 9.17) is 4.74 Å². The summed E-state index contributed by atoms with van der Waals surface area (Å²) < 4.78 is 42.9. The number of amides is 1. The number of nitrogens with zero attached hydrogens (tertiary/aromatic N) is 1. The first kappa shape index (κ1) is 22.4. The number of hydrogen-bond donors (Lipinski definition) is 1. The number of carbonyl (C=O) groups excluding carboxylic acids is 2. The van der Waals surface area contributed by atoms with Crippen LogP contribution in [0.1, 0.15) is 36.9 Å². The van der Waals surface area contributed by atoms with Gasteiger partial charge in [-0.15, -0.1) is 0 Å². The molecule has 8 heteroatoms. The van der Waals surface area contributed by atoms with Gasteiger partial charge in [0.1, 0.15) is 6.61 Å². The van der Waals surface area contributed by atoms with Gasteiger partial charge in [0, 0.05) is 18.7 Å². The van der Waals surface area contributed by atoms with Gasteiger partial charge in [0.2, 0.25) is 0 Å². The summed E-state index contributed by atoms with van der Waals surface area (Å²) in [5.41, 5.74) is 1.58. The number of carbonyl (C=O) groups is 2. The lowest BCUT2D eigenvalue weighted by Crippen LogP contribution is -2.43. The SMILES string of the molecule is O=C(CCCC(CCc1ccccc1)NC(=O)C(F)(F)F)OCc1ccccn1. The maximum Gasteiger partial charge on any atom is 0.471 e. The number of aryl methyl sites for hydroxylation is 1. The molecule has 0 fully saturated rings. The third-order valence-electron chi connectivity index (χ3n) is 4.26. The number of halogens is 3. The summed E-state index contributed by atoms with van der Waals surface area (Å²) >= 11 is 0. The van der Waals surface area contributed by atoms with Crippen LogP contribution < -0.4 is 5.32 Å². The van der Waals surface area contributed by atoms with Crippen molar-refractivity contribution >= 4 is 11.9 Å². The molecule has 0 aliphatic heterocycles. The second-order valence-corrected chi connectivity index (χ2v) is 6.57. The Morgan fingerprint density at radius 2 is 1.76 bits per heavy atom. The number of benzene rings is 1. The molecule has 156 valence electrons. The first-order valence-electron chi connectivity index (χ1n) is 9.31. The average Bonchev–Trinajstić information content (AvgIpc) is 2.71. The van der Waals surface area contributed by atoms with E-state index in [-0.39, 0.29) is 19.4 Å². The van der Waals surface area contributed by atoms with E-state index in [1.54, 1.807) is 24.4 Å². The van der Waals surface area contributed by atoms with Crippen LogP contribution in [0.5, 0.6) is 0 Å². The fourth-order valence-corrected chi connectivity index (χ4v) is 2.74. The highest BCUT2D eigenvalue weighted by molar-refractivity contribution is 5.81. The average molecular weight is 408 g/mol. The first-order valence-corrected chi connectivity index (χ1v) is 9.31. The van der Waals surface area contributed by atoms with Gasteiger partial charge in [0.25, 0.3) is 0 Å². The van der Waals surface area contributed by atoms with E-state index in [0.717, 1.165) is 5.56 Å². The second kappa shape index (κ2) is 11.2. The zero-order chi connectivity index (χ0) is 21.1. The largest absolute Gasteiger partial charge is 0.471 e. The van der Waals surface area contributed by atoms with E-state index in [0.29, 0.717) is 25.0 Å². The van der Waals surface area contributed by atoms with Crippen molar-refractivity contribution < 1.29 is 27.5 Å². The number of rotatable bonds is 10. The predicted octanol–water partition coefficient (Wildman–Crippen LogP) is 3.98. The van der Waals surface area contributed by atoms with Crippen molar-refractivity contribution in [1.82, 2.24) is 10.3 Å². The summed E-state index contributed by atoms with van der Waals surface area (Å²) in [6, 6.07) is 13.8. The minimum absolute atomic E-state index is 0.0436. The van der Waals surface area contributed by atoms with Crippen LogP contribution >= 0.6 is 0 Å². The number of nitrogens with one attached hydrogen (secondary N) is 1. The molecule has 1 unspecified atom stereocenters. The highest BCUT2D eigenvalue weighted by Gasteiger charge is 2.39. The van der Waals surface area contributed by atoms with Crippen LogP contribution in [0, 0.1) is 0 Å². The van der Waals surface area contributed by atoms with Gasteiger partial charge in [-0.05, 0) is 43.4 Å². The van der Waals surface area contributed by atoms with Gasteiger partial charge in [-0.2, -0.15) is 13.2 Å². The van der Waals surface area contributed by atoms with Gasteiger partial charge in [-0.1, -0.05) is 36.4 Å². The zero-order valence-electron chi connectivity index (χ0n) is 15.8. The second-order valence-electron chi connectivity index (χ2n) is 6.57. The standard InChI is InChI=1S/C21H23F3N2O3/c22-21(23,24)20(28)26-17(13-12-16-7-2-1-3-8-16)10-6-11-19(27)29-15-18-9-4-5-14-25-18/h1-5,7-9,14,17H,6,10-13,15H2,(H,26,28). The quantitative estimate of drug-likeness (QED) is 0.604. The molecule has 0 saturated carbocycles. The van der Waals surface area contributed by atoms with E-state index in [1.165, 1.54) is 0 Å². The lowest BCUT2D eigenvalue weighted by molar-refractivity contribution is -0.174.